The van der Waals surface area contributed by atoms with E-state index in [1.165, 1.54) is 13.2 Å². The number of rotatable bonds is 9. The molecule has 30 heavy (non-hydrogen) atoms. The Hall–Kier alpha value is -2.67. The van der Waals surface area contributed by atoms with Crippen molar-refractivity contribution in [2.45, 2.75) is 33.3 Å². The van der Waals surface area contributed by atoms with E-state index in [1.54, 1.807) is 13.2 Å². The minimum atomic E-state index is -3.00. The average molecular weight is 420 g/mol. The molecule has 0 bridgehead atoms. The maximum absolute atomic E-state index is 12.9. The molecule has 0 saturated carbocycles. The Balaban J connectivity index is 2.12. The molecule has 0 saturated heterocycles. The van der Waals surface area contributed by atoms with Gasteiger partial charge in [-0.15, -0.1) is 0 Å². The molecule has 1 aliphatic carbocycles. The molecule has 0 fully saturated rings. The van der Waals surface area contributed by atoms with E-state index in [-0.39, 0.29) is 29.3 Å². The van der Waals surface area contributed by atoms with Gasteiger partial charge in [-0.05, 0) is 29.7 Å². The Labute approximate surface area is 174 Å². The smallest absolute Gasteiger partial charge is 0.387 e. The van der Waals surface area contributed by atoms with E-state index in [0.29, 0.717) is 36.3 Å². The van der Waals surface area contributed by atoms with E-state index >= 15 is 0 Å². The van der Waals surface area contributed by atoms with Gasteiger partial charge in [0.15, 0.2) is 17.3 Å². The Morgan fingerprint density at radius 1 is 0.967 bits per heavy atom. The van der Waals surface area contributed by atoms with Crippen LogP contribution in [-0.4, -0.2) is 39.8 Å². The van der Waals surface area contributed by atoms with Crippen LogP contribution in [0.1, 0.15) is 36.2 Å². The van der Waals surface area contributed by atoms with Crippen LogP contribution >= 0.6 is 0 Å². The number of hydrogen-bond donors (Lipinski definition) is 0. The molecule has 0 radical (unpaired) electrons. The molecule has 0 aliphatic heterocycles. The summed E-state index contributed by atoms with van der Waals surface area (Å²) >= 11 is 0. The van der Waals surface area contributed by atoms with Crippen LogP contribution in [0.2, 0.25) is 0 Å². The topological polar surface area (TPSA) is 54.0 Å². The first-order valence-corrected chi connectivity index (χ1v) is 9.70. The number of ketones is 1. The first kappa shape index (κ1) is 22.0. The van der Waals surface area contributed by atoms with Crippen molar-refractivity contribution in [1.82, 2.24) is 0 Å². The number of carbonyl (C=O) groups excluding carboxylic acids is 1. The maximum Gasteiger partial charge on any atom is 0.387 e. The molecule has 0 spiro atoms. The minimum absolute atomic E-state index is 0.0861. The molecule has 0 N–H and O–H groups in total. The highest BCUT2D eigenvalue weighted by Gasteiger charge is 2.28. The van der Waals surface area contributed by atoms with Gasteiger partial charge in [-0.3, -0.25) is 4.79 Å². The fraction of sp³-hybridized carbons (Fsp3) is 0.435. The van der Waals surface area contributed by atoms with Crippen molar-refractivity contribution in [3.8, 4) is 28.4 Å². The maximum atomic E-state index is 12.9. The lowest BCUT2D eigenvalue weighted by Gasteiger charge is -2.26. The van der Waals surface area contributed by atoms with E-state index < -0.39 is 6.61 Å². The standard InChI is InChI=1S/C23H26F2O5/c1-23(2,12-27-3)13-29-20-17(9-11-19(21(20)28-4)30-22(24)25)14-6-5-7-16-15(14)8-10-18(16)26/h5-7,9,11,22H,8,10,12-13H2,1-4H3. The van der Waals surface area contributed by atoms with Gasteiger partial charge in [0.25, 0.3) is 0 Å². The summed E-state index contributed by atoms with van der Waals surface area (Å²) in [6.07, 6.45) is 1.07. The highest BCUT2D eigenvalue weighted by Crippen LogP contribution is 2.47. The third kappa shape index (κ3) is 4.56. The summed E-state index contributed by atoms with van der Waals surface area (Å²) in [4.78, 5) is 12.2. The second-order valence-corrected chi connectivity index (χ2v) is 7.99. The third-order valence-corrected chi connectivity index (χ3v) is 5.01. The van der Waals surface area contributed by atoms with Crippen molar-refractivity contribution in [3.05, 3.63) is 41.5 Å². The molecular formula is C23H26F2O5. The lowest BCUT2D eigenvalue weighted by molar-refractivity contribution is -0.0514. The Bertz CT molecular complexity index is 924. The Morgan fingerprint density at radius 3 is 2.37 bits per heavy atom. The van der Waals surface area contributed by atoms with Crippen molar-refractivity contribution in [1.29, 1.82) is 0 Å². The fourth-order valence-corrected chi connectivity index (χ4v) is 3.72. The van der Waals surface area contributed by atoms with Crippen LogP contribution in [0.4, 0.5) is 8.78 Å². The highest BCUT2D eigenvalue weighted by molar-refractivity contribution is 6.02. The van der Waals surface area contributed by atoms with Crippen molar-refractivity contribution in [2.24, 2.45) is 5.41 Å². The number of fused-ring (bicyclic) bond motifs is 1. The number of carbonyl (C=O) groups is 1. The van der Waals surface area contributed by atoms with Gasteiger partial charge in [0.2, 0.25) is 5.75 Å². The van der Waals surface area contributed by atoms with E-state index in [1.807, 2.05) is 32.0 Å². The molecule has 0 heterocycles. The van der Waals surface area contributed by atoms with E-state index in [0.717, 1.165) is 11.1 Å². The third-order valence-electron chi connectivity index (χ3n) is 5.01. The monoisotopic (exact) mass is 420 g/mol. The summed E-state index contributed by atoms with van der Waals surface area (Å²) in [5.41, 5.74) is 2.76. The molecule has 0 amide bonds. The summed E-state index contributed by atoms with van der Waals surface area (Å²) in [5.74, 6) is 0.370. The molecule has 0 unspecified atom stereocenters. The Kier molecular flexibility index (Phi) is 6.61. The first-order chi connectivity index (χ1) is 14.3. The van der Waals surface area contributed by atoms with Crippen LogP contribution in [0, 0.1) is 5.41 Å². The summed E-state index contributed by atoms with van der Waals surface area (Å²) < 4.78 is 47.3. The van der Waals surface area contributed by atoms with Crippen LogP contribution in [-0.2, 0) is 11.2 Å². The summed E-state index contributed by atoms with van der Waals surface area (Å²) in [7, 11) is 2.98. The predicted octanol–water partition coefficient (Wildman–Crippen LogP) is 5.14. The quantitative estimate of drug-likeness (QED) is 0.562. The number of alkyl halides is 2. The number of halogens is 2. The van der Waals surface area contributed by atoms with Crippen LogP contribution in [0.5, 0.6) is 17.2 Å². The number of methoxy groups -OCH3 is 2. The normalized spacial score (nSPS) is 13.5. The van der Waals surface area contributed by atoms with E-state index in [9.17, 15) is 13.6 Å². The van der Waals surface area contributed by atoms with Crippen molar-refractivity contribution in [2.75, 3.05) is 27.4 Å². The minimum Gasteiger partial charge on any atom is -0.490 e. The summed E-state index contributed by atoms with van der Waals surface area (Å²) in [6.45, 7) is 1.66. The molecule has 162 valence electrons. The average Bonchev–Trinajstić information content (AvgIpc) is 3.07. The molecule has 1 aliphatic rings. The molecule has 7 heteroatoms. The van der Waals surface area contributed by atoms with E-state index in [2.05, 4.69) is 4.74 Å². The molecule has 2 aromatic rings. The largest absolute Gasteiger partial charge is 0.490 e. The lowest BCUT2D eigenvalue weighted by Crippen LogP contribution is -2.26. The Morgan fingerprint density at radius 2 is 1.70 bits per heavy atom. The predicted molar refractivity (Wildman–Crippen MR) is 109 cm³/mol. The van der Waals surface area contributed by atoms with E-state index in [4.69, 9.17) is 14.2 Å². The lowest BCUT2D eigenvalue weighted by atomic mass is 9.94. The second kappa shape index (κ2) is 9.00. The molecule has 0 atom stereocenters. The number of ether oxygens (including phenoxy) is 4. The number of hydrogen-bond acceptors (Lipinski definition) is 5. The van der Waals surface area contributed by atoms with Gasteiger partial charge in [0.1, 0.15) is 0 Å². The van der Waals surface area contributed by atoms with Gasteiger partial charge in [-0.1, -0.05) is 32.0 Å². The first-order valence-electron chi connectivity index (χ1n) is 9.70. The van der Waals surface area contributed by atoms with Crippen LogP contribution in [0.3, 0.4) is 0 Å². The van der Waals surface area contributed by atoms with Gasteiger partial charge >= 0.3 is 6.61 Å². The zero-order chi connectivity index (χ0) is 21.9. The summed E-state index contributed by atoms with van der Waals surface area (Å²) in [6, 6.07) is 8.61. The van der Waals surface area contributed by atoms with Crippen LogP contribution < -0.4 is 14.2 Å². The number of Topliss-reactive ketones (excluding diaryl/α,β-unsaturated/α-hetero) is 1. The SMILES string of the molecule is COCC(C)(C)COc1c(-c2cccc3c2CCC3=O)ccc(OC(F)F)c1OC. The highest BCUT2D eigenvalue weighted by atomic mass is 19.3. The number of benzene rings is 2. The summed E-state index contributed by atoms with van der Waals surface area (Å²) in [5, 5.41) is 0. The van der Waals surface area contributed by atoms with Gasteiger partial charge in [-0.2, -0.15) is 8.78 Å². The molecule has 3 rings (SSSR count). The molecule has 0 aromatic heterocycles. The second-order valence-electron chi connectivity index (χ2n) is 7.99. The molecule has 5 nitrogen and oxygen atoms in total. The van der Waals surface area contributed by atoms with Crippen molar-refractivity contribution < 1.29 is 32.5 Å². The van der Waals surface area contributed by atoms with Crippen LogP contribution in [0.25, 0.3) is 11.1 Å². The molecule has 2 aromatic carbocycles. The van der Waals surface area contributed by atoms with Crippen molar-refractivity contribution >= 4 is 5.78 Å². The van der Waals surface area contributed by atoms with Gasteiger partial charge in [-0.25, -0.2) is 0 Å². The zero-order valence-corrected chi connectivity index (χ0v) is 17.6. The van der Waals surface area contributed by atoms with Crippen molar-refractivity contribution in [3.63, 3.8) is 0 Å². The van der Waals surface area contributed by atoms with Gasteiger partial charge < -0.3 is 18.9 Å². The zero-order valence-electron chi connectivity index (χ0n) is 17.6. The van der Waals surface area contributed by atoms with Gasteiger partial charge in [0.05, 0.1) is 20.3 Å². The molecular weight excluding hydrogens is 394 g/mol. The van der Waals surface area contributed by atoms with Crippen LogP contribution in [0.15, 0.2) is 30.3 Å². The van der Waals surface area contributed by atoms with Gasteiger partial charge in [0, 0.05) is 30.1 Å². The fourth-order valence-electron chi connectivity index (χ4n) is 3.72.